The van der Waals surface area contributed by atoms with Crippen LogP contribution < -0.4 is 10.1 Å². The molecule has 0 aliphatic rings. The first-order chi connectivity index (χ1) is 9.69. The summed E-state index contributed by atoms with van der Waals surface area (Å²) in [6.07, 6.45) is 3.60. The summed E-state index contributed by atoms with van der Waals surface area (Å²) < 4.78 is 5.84. The molecule has 1 N–H and O–H groups in total. The molecule has 2 rings (SSSR count). The first-order valence-corrected chi connectivity index (χ1v) is 7.11. The van der Waals surface area contributed by atoms with Gasteiger partial charge >= 0.3 is 0 Å². The lowest BCUT2D eigenvalue weighted by atomic mass is 10.0. The van der Waals surface area contributed by atoms with E-state index in [-0.39, 0.29) is 0 Å². The van der Waals surface area contributed by atoms with Crippen molar-refractivity contribution in [3.8, 4) is 11.5 Å². The number of aromatic nitrogens is 1. The van der Waals surface area contributed by atoms with Gasteiger partial charge in [-0.25, -0.2) is 0 Å². The average Bonchev–Trinajstić information content (AvgIpc) is 2.46. The summed E-state index contributed by atoms with van der Waals surface area (Å²) in [5.41, 5.74) is 2.44. The Balaban J connectivity index is 2.05. The molecule has 0 radical (unpaired) electrons. The van der Waals surface area contributed by atoms with E-state index in [2.05, 4.69) is 43.2 Å². The second kappa shape index (κ2) is 7.06. The fourth-order valence-corrected chi connectivity index (χ4v) is 1.94. The summed E-state index contributed by atoms with van der Waals surface area (Å²) in [4.78, 5) is 4.21. The van der Waals surface area contributed by atoms with Gasteiger partial charge in [-0.1, -0.05) is 32.9 Å². The summed E-state index contributed by atoms with van der Waals surface area (Å²) in [6.45, 7) is 8.22. The molecule has 20 heavy (non-hydrogen) atoms. The molecule has 0 aliphatic carbocycles. The quantitative estimate of drug-likeness (QED) is 0.857. The maximum Gasteiger partial charge on any atom is 0.146 e. The Morgan fingerprint density at radius 1 is 1.10 bits per heavy atom. The molecule has 3 heteroatoms. The largest absolute Gasteiger partial charge is 0.456 e. The lowest BCUT2D eigenvalue weighted by Crippen LogP contribution is -2.11. The van der Waals surface area contributed by atoms with Crippen LogP contribution >= 0.6 is 0 Å². The molecule has 1 aromatic carbocycles. The highest BCUT2D eigenvalue weighted by atomic mass is 16.5. The number of hydrogen-bond acceptors (Lipinski definition) is 3. The fraction of sp³-hybridized carbons (Fsp3) is 0.353. The highest BCUT2D eigenvalue weighted by Gasteiger charge is 2.02. The molecular weight excluding hydrogens is 248 g/mol. The molecule has 0 fully saturated rings. The van der Waals surface area contributed by atoms with E-state index in [0.29, 0.717) is 5.92 Å². The molecule has 106 valence electrons. The van der Waals surface area contributed by atoms with Crippen LogP contribution in [0.3, 0.4) is 0 Å². The van der Waals surface area contributed by atoms with E-state index < -0.39 is 0 Å². The summed E-state index contributed by atoms with van der Waals surface area (Å²) >= 11 is 0. The minimum Gasteiger partial charge on any atom is -0.456 e. The Morgan fingerprint density at radius 2 is 1.85 bits per heavy atom. The van der Waals surface area contributed by atoms with Gasteiger partial charge in [-0.05, 0) is 41.8 Å². The van der Waals surface area contributed by atoms with E-state index in [1.165, 1.54) is 5.56 Å². The number of rotatable bonds is 6. The van der Waals surface area contributed by atoms with Gasteiger partial charge < -0.3 is 10.1 Å². The van der Waals surface area contributed by atoms with Crippen molar-refractivity contribution in [1.82, 2.24) is 10.3 Å². The topological polar surface area (TPSA) is 34.2 Å². The van der Waals surface area contributed by atoms with E-state index in [4.69, 9.17) is 4.74 Å². The molecule has 0 unspecified atom stereocenters. The Labute approximate surface area is 121 Å². The molecule has 0 aliphatic heterocycles. The molecule has 3 nitrogen and oxygen atoms in total. The molecule has 0 spiro atoms. The van der Waals surface area contributed by atoms with Crippen LogP contribution in [-0.4, -0.2) is 11.5 Å². The normalized spacial score (nSPS) is 10.8. The monoisotopic (exact) mass is 270 g/mol. The molecular formula is C17H22N2O. The second-order valence-electron chi connectivity index (χ2n) is 5.14. The van der Waals surface area contributed by atoms with Crippen LogP contribution in [0.5, 0.6) is 11.5 Å². The van der Waals surface area contributed by atoms with Crippen molar-refractivity contribution in [1.29, 1.82) is 0 Å². The number of hydrogen-bond donors (Lipinski definition) is 1. The maximum absolute atomic E-state index is 5.84. The van der Waals surface area contributed by atoms with Crippen molar-refractivity contribution in [2.24, 2.45) is 0 Å². The van der Waals surface area contributed by atoms with Gasteiger partial charge in [0.2, 0.25) is 0 Å². The molecule has 1 aromatic heterocycles. The zero-order valence-corrected chi connectivity index (χ0v) is 12.4. The van der Waals surface area contributed by atoms with Crippen LogP contribution in [0.25, 0.3) is 0 Å². The number of nitrogens with zero attached hydrogens (tertiary/aromatic N) is 1. The Kier molecular flexibility index (Phi) is 5.13. The van der Waals surface area contributed by atoms with Crippen molar-refractivity contribution in [2.45, 2.75) is 33.2 Å². The predicted octanol–water partition coefficient (Wildman–Crippen LogP) is 4.11. The first kappa shape index (κ1) is 14.5. The zero-order chi connectivity index (χ0) is 14.4. The second-order valence-corrected chi connectivity index (χ2v) is 5.14. The number of nitrogens with one attached hydrogen (secondary N) is 1. The Hall–Kier alpha value is -1.87. The van der Waals surface area contributed by atoms with Gasteiger partial charge in [0.05, 0.1) is 6.20 Å². The van der Waals surface area contributed by atoms with Gasteiger partial charge in [-0.15, -0.1) is 0 Å². The van der Waals surface area contributed by atoms with Gasteiger partial charge in [0.1, 0.15) is 11.5 Å². The van der Waals surface area contributed by atoms with Crippen molar-refractivity contribution >= 4 is 0 Å². The number of benzene rings is 1. The van der Waals surface area contributed by atoms with Crippen LogP contribution in [0.1, 0.15) is 37.8 Å². The van der Waals surface area contributed by atoms with Crippen LogP contribution in [0.15, 0.2) is 42.7 Å². The third-order valence-electron chi connectivity index (χ3n) is 3.13. The first-order valence-electron chi connectivity index (χ1n) is 7.11. The van der Waals surface area contributed by atoms with Gasteiger partial charge in [0.15, 0.2) is 0 Å². The summed E-state index contributed by atoms with van der Waals surface area (Å²) in [5.74, 6) is 2.16. The van der Waals surface area contributed by atoms with E-state index in [0.717, 1.165) is 30.2 Å². The van der Waals surface area contributed by atoms with E-state index in [9.17, 15) is 0 Å². The average molecular weight is 270 g/mol. The minimum atomic E-state index is 0.536. The third-order valence-corrected chi connectivity index (χ3v) is 3.13. The van der Waals surface area contributed by atoms with Gasteiger partial charge in [-0.2, -0.15) is 0 Å². The van der Waals surface area contributed by atoms with E-state index >= 15 is 0 Å². The lowest BCUT2D eigenvalue weighted by Gasteiger charge is -2.09. The zero-order valence-electron chi connectivity index (χ0n) is 12.4. The maximum atomic E-state index is 5.84. The predicted molar refractivity (Wildman–Crippen MR) is 82.2 cm³/mol. The number of pyridine rings is 1. The van der Waals surface area contributed by atoms with Crippen LogP contribution in [0, 0.1) is 0 Å². The van der Waals surface area contributed by atoms with Gasteiger partial charge in [0.25, 0.3) is 0 Å². The molecule has 0 bridgehead atoms. The summed E-state index contributed by atoms with van der Waals surface area (Å²) in [7, 11) is 0. The van der Waals surface area contributed by atoms with Crippen molar-refractivity contribution < 1.29 is 4.74 Å². The molecule has 0 amide bonds. The summed E-state index contributed by atoms with van der Waals surface area (Å²) in [5, 5.41) is 3.28. The van der Waals surface area contributed by atoms with E-state index in [1.54, 1.807) is 6.20 Å². The Morgan fingerprint density at radius 3 is 2.50 bits per heavy atom. The smallest absolute Gasteiger partial charge is 0.146 e. The van der Waals surface area contributed by atoms with Gasteiger partial charge in [0, 0.05) is 12.7 Å². The van der Waals surface area contributed by atoms with Crippen LogP contribution in [-0.2, 0) is 6.54 Å². The summed E-state index contributed by atoms with van der Waals surface area (Å²) in [6, 6.07) is 10.2. The highest BCUT2D eigenvalue weighted by molar-refractivity contribution is 5.34. The third kappa shape index (κ3) is 4.07. The lowest BCUT2D eigenvalue weighted by molar-refractivity contribution is 0.478. The molecule has 2 aromatic rings. The molecule has 0 saturated heterocycles. The van der Waals surface area contributed by atoms with Gasteiger partial charge in [-0.3, -0.25) is 4.98 Å². The van der Waals surface area contributed by atoms with Crippen molar-refractivity contribution in [3.63, 3.8) is 0 Å². The minimum absolute atomic E-state index is 0.536. The van der Waals surface area contributed by atoms with Crippen molar-refractivity contribution in [3.05, 3.63) is 53.9 Å². The van der Waals surface area contributed by atoms with Crippen LogP contribution in [0.4, 0.5) is 0 Å². The Bertz CT molecular complexity index is 535. The van der Waals surface area contributed by atoms with Crippen molar-refractivity contribution in [2.75, 3.05) is 6.54 Å². The fourth-order valence-electron chi connectivity index (χ4n) is 1.94. The molecule has 1 heterocycles. The highest BCUT2D eigenvalue weighted by Crippen LogP contribution is 2.23. The molecule has 0 atom stereocenters. The van der Waals surface area contributed by atoms with Crippen LogP contribution in [0.2, 0.25) is 0 Å². The molecule has 0 saturated carbocycles. The van der Waals surface area contributed by atoms with E-state index in [1.807, 2.05) is 24.4 Å². The SMILES string of the molecule is CCNCc1cncc(Oc2ccc(C(C)C)cc2)c1. The number of ether oxygens (including phenoxy) is 1. The standard InChI is InChI=1S/C17H22N2O/c1-4-18-10-14-9-17(12-19-11-14)20-16-7-5-15(6-8-16)13(2)3/h5-9,11-13,18H,4,10H2,1-3H3.